The molecule has 2 aliphatic heterocycles. The third-order valence-electron chi connectivity index (χ3n) is 4.60. The Morgan fingerprint density at radius 1 is 1.04 bits per heavy atom. The van der Waals surface area contributed by atoms with Crippen molar-refractivity contribution in [2.45, 2.75) is 25.9 Å². The Bertz CT molecular complexity index is 758. The number of benzene rings is 2. The van der Waals surface area contributed by atoms with E-state index in [1.807, 2.05) is 31.2 Å². The lowest BCUT2D eigenvalue weighted by Crippen LogP contribution is -2.39. The fourth-order valence-electron chi connectivity index (χ4n) is 3.41. The molecule has 2 aromatic rings. The highest BCUT2D eigenvalue weighted by molar-refractivity contribution is 6.21. The first-order valence-electron chi connectivity index (χ1n) is 8.13. The van der Waals surface area contributed by atoms with Gasteiger partial charge in [-0.05, 0) is 42.3 Å². The zero-order valence-corrected chi connectivity index (χ0v) is 13.4. The van der Waals surface area contributed by atoms with E-state index < -0.39 is 6.04 Å². The Balaban J connectivity index is 1.63. The zero-order valence-electron chi connectivity index (χ0n) is 13.4. The number of carbonyl (C=O) groups excluding carboxylic acids is 2. The molecule has 122 valence electrons. The van der Waals surface area contributed by atoms with Gasteiger partial charge in [-0.25, -0.2) is 9.69 Å². The summed E-state index contributed by atoms with van der Waals surface area (Å²) in [6.45, 7) is 2.98. The molecule has 2 heterocycles. The SMILES string of the molecule is CCOc1ccc(N2C(=O)C3Cc4ccccc4CN3C2=O)cc1. The van der Waals surface area contributed by atoms with Gasteiger partial charge in [-0.2, -0.15) is 0 Å². The molecule has 0 spiro atoms. The topological polar surface area (TPSA) is 49.9 Å². The number of fused-ring (bicyclic) bond motifs is 2. The van der Waals surface area contributed by atoms with Crippen LogP contribution in [0.15, 0.2) is 48.5 Å². The highest BCUT2D eigenvalue weighted by Crippen LogP contribution is 2.33. The van der Waals surface area contributed by atoms with Gasteiger partial charge < -0.3 is 9.64 Å². The first-order valence-corrected chi connectivity index (χ1v) is 8.13. The average Bonchev–Trinajstić information content (AvgIpc) is 2.85. The predicted octanol–water partition coefficient (Wildman–Crippen LogP) is 2.98. The molecule has 4 rings (SSSR count). The molecule has 0 saturated carbocycles. The van der Waals surface area contributed by atoms with Gasteiger partial charge in [0.05, 0.1) is 12.3 Å². The van der Waals surface area contributed by atoms with Crippen molar-refractivity contribution in [3.8, 4) is 5.75 Å². The fourth-order valence-corrected chi connectivity index (χ4v) is 3.41. The van der Waals surface area contributed by atoms with Crippen LogP contribution in [0.3, 0.4) is 0 Å². The summed E-state index contributed by atoms with van der Waals surface area (Å²) >= 11 is 0. The molecule has 0 bridgehead atoms. The fraction of sp³-hybridized carbons (Fsp3) is 0.263. The minimum Gasteiger partial charge on any atom is -0.494 e. The molecular formula is C19H18N2O3. The second kappa shape index (κ2) is 5.67. The molecule has 0 aliphatic carbocycles. The zero-order chi connectivity index (χ0) is 16.7. The molecule has 0 aromatic heterocycles. The van der Waals surface area contributed by atoms with Gasteiger partial charge in [0.1, 0.15) is 11.8 Å². The van der Waals surface area contributed by atoms with Crippen molar-refractivity contribution in [3.63, 3.8) is 0 Å². The van der Waals surface area contributed by atoms with Crippen LogP contribution in [0.4, 0.5) is 10.5 Å². The van der Waals surface area contributed by atoms with E-state index in [1.54, 1.807) is 29.2 Å². The molecule has 1 saturated heterocycles. The first kappa shape index (κ1) is 14.8. The van der Waals surface area contributed by atoms with Gasteiger partial charge >= 0.3 is 6.03 Å². The van der Waals surface area contributed by atoms with Crippen molar-refractivity contribution in [2.24, 2.45) is 0 Å². The minimum absolute atomic E-state index is 0.154. The summed E-state index contributed by atoms with van der Waals surface area (Å²) in [6, 6.07) is 14.4. The highest BCUT2D eigenvalue weighted by atomic mass is 16.5. The van der Waals surface area contributed by atoms with Crippen molar-refractivity contribution in [2.75, 3.05) is 11.5 Å². The molecule has 5 heteroatoms. The Morgan fingerprint density at radius 3 is 2.46 bits per heavy atom. The van der Waals surface area contributed by atoms with Gasteiger partial charge in [0.15, 0.2) is 0 Å². The van der Waals surface area contributed by atoms with Gasteiger partial charge in [-0.3, -0.25) is 4.79 Å². The van der Waals surface area contributed by atoms with Crippen LogP contribution in [-0.2, 0) is 17.8 Å². The standard InChI is InChI=1S/C19H18N2O3/c1-2-24-16-9-7-15(8-10-16)21-18(22)17-11-13-5-3-4-6-14(13)12-20(17)19(21)23/h3-10,17H,2,11-12H2,1H3. The van der Waals surface area contributed by atoms with Crippen molar-refractivity contribution < 1.29 is 14.3 Å². The van der Waals surface area contributed by atoms with Crippen LogP contribution in [0.1, 0.15) is 18.1 Å². The summed E-state index contributed by atoms with van der Waals surface area (Å²) in [7, 11) is 0. The molecule has 1 unspecified atom stereocenters. The van der Waals surface area contributed by atoms with Gasteiger partial charge in [0.25, 0.3) is 5.91 Å². The Hall–Kier alpha value is -2.82. The highest BCUT2D eigenvalue weighted by Gasteiger charge is 2.47. The third kappa shape index (κ3) is 2.24. The molecule has 2 aliphatic rings. The van der Waals surface area contributed by atoms with Crippen LogP contribution < -0.4 is 9.64 Å². The minimum atomic E-state index is -0.404. The third-order valence-corrected chi connectivity index (χ3v) is 4.60. The van der Waals surface area contributed by atoms with Crippen LogP contribution in [0, 0.1) is 0 Å². The summed E-state index contributed by atoms with van der Waals surface area (Å²) in [6.07, 6.45) is 0.578. The van der Waals surface area contributed by atoms with Crippen LogP contribution in [0.5, 0.6) is 5.75 Å². The summed E-state index contributed by atoms with van der Waals surface area (Å²) in [5.74, 6) is 0.573. The summed E-state index contributed by atoms with van der Waals surface area (Å²) in [5, 5.41) is 0. The quantitative estimate of drug-likeness (QED) is 0.816. The largest absolute Gasteiger partial charge is 0.494 e. The van der Waals surface area contributed by atoms with Gasteiger partial charge in [0.2, 0.25) is 0 Å². The molecule has 3 amide bonds. The maximum atomic E-state index is 12.8. The summed E-state index contributed by atoms with van der Waals surface area (Å²) < 4.78 is 5.42. The van der Waals surface area contributed by atoms with E-state index in [0.29, 0.717) is 25.3 Å². The Kier molecular flexibility index (Phi) is 3.49. The number of carbonyl (C=O) groups is 2. The number of imide groups is 1. The summed E-state index contributed by atoms with van der Waals surface area (Å²) in [4.78, 5) is 28.5. The van der Waals surface area contributed by atoms with E-state index in [4.69, 9.17) is 4.74 Å². The number of hydrogen-bond donors (Lipinski definition) is 0. The Labute approximate surface area is 140 Å². The van der Waals surface area contributed by atoms with E-state index in [2.05, 4.69) is 0 Å². The predicted molar refractivity (Wildman–Crippen MR) is 90.0 cm³/mol. The first-order chi connectivity index (χ1) is 11.7. The van der Waals surface area contributed by atoms with Crippen molar-refractivity contribution in [1.29, 1.82) is 0 Å². The molecule has 5 nitrogen and oxygen atoms in total. The second-order valence-corrected chi connectivity index (χ2v) is 6.00. The maximum Gasteiger partial charge on any atom is 0.332 e. The number of hydrogen-bond acceptors (Lipinski definition) is 3. The van der Waals surface area contributed by atoms with Crippen molar-refractivity contribution in [3.05, 3.63) is 59.7 Å². The number of rotatable bonds is 3. The molecular weight excluding hydrogens is 304 g/mol. The molecule has 2 aromatic carbocycles. The van der Waals surface area contributed by atoms with E-state index in [1.165, 1.54) is 4.90 Å². The monoisotopic (exact) mass is 322 g/mol. The van der Waals surface area contributed by atoms with E-state index in [-0.39, 0.29) is 11.9 Å². The Morgan fingerprint density at radius 2 is 1.75 bits per heavy atom. The van der Waals surface area contributed by atoms with Crippen LogP contribution in [0.25, 0.3) is 0 Å². The second-order valence-electron chi connectivity index (χ2n) is 6.00. The molecule has 1 atom stereocenters. The number of ether oxygens (including phenoxy) is 1. The lowest BCUT2D eigenvalue weighted by Gasteiger charge is -2.28. The van der Waals surface area contributed by atoms with Crippen molar-refractivity contribution in [1.82, 2.24) is 4.90 Å². The lowest BCUT2D eigenvalue weighted by atomic mass is 9.95. The van der Waals surface area contributed by atoms with E-state index in [0.717, 1.165) is 16.9 Å². The summed E-state index contributed by atoms with van der Waals surface area (Å²) in [5.41, 5.74) is 2.85. The number of nitrogens with zero attached hydrogens (tertiary/aromatic N) is 2. The van der Waals surface area contributed by atoms with Crippen LogP contribution in [0.2, 0.25) is 0 Å². The van der Waals surface area contributed by atoms with Gasteiger partial charge in [0, 0.05) is 13.0 Å². The molecule has 24 heavy (non-hydrogen) atoms. The van der Waals surface area contributed by atoms with Crippen LogP contribution in [-0.4, -0.2) is 29.5 Å². The van der Waals surface area contributed by atoms with Crippen molar-refractivity contribution >= 4 is 17.6 Å². The van der Waals surface area contributed by atoms with E-state index in [9.17, 15) is 9.59 Å². The maximum absolute atomic E-state index is 12.8. The smallest absolute Gasteiger partial charge is 0.332 e. The molecule has 0 radical (unpaired) electrons. The number of amides is 3. The van der Waals surface area contributed by atoms with Gasteiger partial charge in [-0.1, -0.05) is 24.3 Å². The van der Waals surface area contributed by atoms with E-state index >= 15 is 0 Å². The number of urea groups is 1. The lowest BCUT2D eigenvalue weighted by molar-refractivity contribution is -0.120. The molecule has 0 N–H and O–H groups in total. The van der Waals surface area contributed by atoms with Gasteiger partial charge in [-0.15, -0.1) is 0 Å². The number of anilines is 1. The normalized spacial score (nSPS) is 19.3. The molecule has 1 fully saturated rings. The average molecular weight is 322 g/mol. The van der Waals surface area contributed by atoms with Crippen LogP contribution >= 0.6 is 0 Å².